The Morgan fingerprint density at radius 3 is 2.68 bits per heavy atom. The molecule has 1 aliphatic rings. The van der Waals surface area contributed by atoms with Crippen molar-refractivity contribution in [2.75, 3.05) is 0 Å². The third-order valence-electron chi connectivity index (χ3n) is 4.07. The molecule has 0 saturated heterocycles. The van der Waals surface area contributed by atoms with Crippen LogP contribution in [0, 0.1) is 6.92 Å². The van der Waals surface area contributed by atoms with E-state index in [1.165, 1.54) is 36.0 Å². The monoisotopic (exact) mass is 251 g/mol. The molecular formula is C18H21N. The van der Waals surface area contributed by atoms with Crippen LogP contribution in [0.25, 0.3) is 0 Å². The smallest absolute Gasteiger partial charge is 0.0211 e. The Balaban J connectivity index is 1.59. The third-order valence-corrected chi connectivity index (χ3v) is 4.07. The third kappa shape index (κ3) is 2.87. The molecule has 1 nitrogen and oxygen atoms in total. The Morgan fingerprint density at radius 2 is 1.79 bits per heavy atom. The van der Waals surface area contributed by atoms with Gasteiger partial charge < -0.3 is 5.32 Å². The summed E-state index contributed by atoms with van der Waals surface area (Å²) in [5.41, 5.74) is 7.29. The van der Waals surface area contributed by atoms with E-state index >= 15 is 0 Å². The van der Waals surface area contributed by atoms with Crippen molar-refractivity contribution < 1.29 is 0 Å². The number of fused-ring (bicyclic) bond motifs is 1. The molecule has 0 fully saturated rings. The normalized spacial score (nSPS) is 13.5. The summed E-state index contributed by atoms with van der Waals surface area (Å²) in [6.45, 7) is 4.08. The highest BCUT2D eigenvalue weighted by molar-refractivity contribution is 5.35. The SMILES string of the molecule is Cc1ccccc1CNCc1ccc2c(c1)CCC2. The van der Waals surface area contributed by atoms with E-state index in [9.17, 15) is 0 Å². The molecule has 0 amide bonds. The number of rotatable bonds is 4. The second kappa shape index (κ2) is 5.58. The molecule has 0 saturated carbocycles. The Hall–Kier alpha value is -1.60. The van der Waals surface area contributed by atoms with Gasteiger partial charge in [0.15, 0.2) is 0 Å². The van der Waals surface area contributed by atoms with Crippen molar-refractivity contribution in [3.63, 3.8) is 0 Å². The van der Waals surface area contributed by atoms with Gasteiger partial charge in [-0.1, -0.05) is 42.5 Å². The number of nitrogens with one attached hydrogen (secondary N) is 1. The lowest BCUT2D eigenvalue weighted by atomic mass is 10.1. The van der Waals surface area contributed by atoms with Crippen LogP contribution in [-0.4, -0.2) is 0 Å². The van der Waals surface area contributed by atoms with Crippen molar-refractivity contribution in [2.24, 2.45) is 0 Å². The average molecular weight is 251 g/mol. The predicted octanol–water partition coefficient (Wildman–Crippen LogP) is 3.77. The van der Waals surface area contributed by atoms with Gasteiger partial charge in [0.05, 0.1) is 0 Å². The molecule has 2 aromatic carbocycles. The molecule has 0 bridgehead atoms. The van der Waals surface area contributed by atoms with Gasteiger partial charge in [-0.05, 0) is 54.0 Å². The summed E-state index contributed by atoms with van der Waals surface area (Å²) in [7, 11) is 0. The quantitative estimate of drug-likeness (QED) is 0.872. The maximum absolute atomic E-state index is 3.55. The van der Waals surface area contributed by atoms with Gasteiger partial charge in [0.25, 0.3) is 0 Å². The maximum atomic E-state index is 3.55. The molecule has 0 heterocycles. The fourth-order valence-electron chi connectivity index (χ4n) is 2.89. The first-order valence-corrected chi connectivity index (χ1v) is 7.19. The summed E-state index contributed by atoms with van der Waals surface area (Å²) in [5, 5.41) is 3.55. The van der Waals surface area contributed by atoms with Crippen LogP contribution in [0.1, 0.15) is 34.2 Å². The van der Waals surface area contributed by atoms with Crippen LogP contribution in [0.2, 0.25) is 0 Å². The highest BCUT2D eigenvalue weighted by atomic mass is 14.8. The molecule has 1 N–H and O–H groups in total. The van der Waals surface area contributed by atoms with Crippen molar-refractivity contribution in [1.82, 2.24) is 5.32 Å². The molecule has 3 rings (SSSR count). The van der Waals surface area contributed by atoms with E-state index in [0.717, 1.165) is 13.1 Å². The van der Waals surface area contributed by atoms with Gasteiger partial charge in [0.2, 0.25) is 0 Å². The lowest BCUT2D eigenvalue weighted by Crippen LogP contribution is -2.13. The standard InChI is InChI=1S/C18H21N/c1-14-5-2-3-6-18(14)13-19-12-15-9-10-16-7-4-8-17(16)11-15/h2-3,5-6,9-11,19H,4,7-8,12-13H2,1H3. The molecule has 1 heteroatoms. The minimum atomic E-state index is 0.948. The first-order valence-electron chi connectivity index (χ1n) is 7.19. The molecule has 2 aromatic rings. The van der Waals surface area contributed by atoms with Crippen LogP contribution in [0.5, 0.6) is 0 Å². The largest absolute Gasteiger partial charge is 0.309 e. The van der Waals surface area contributed by atoms with Crippen LogP contribution in [-0.2, 0) is 25.9 Å². The lowest BCUT2D eigenvalue weighted by molar-refractivity contribution is 0.690. The zero-order valence-electron chi connectivity index (χ0n) is 11.6. The topological polar surface area (TPSA) is 12.0 Å². The summed E-state index contributed by atoms with van der Waals surface area (Å²) < 4.78 is 0. The molecule has 0 atom stereocenters. The van der Waals surface area contributed by atoms with Gasteiger partial charge >= 0.3 is 0 Å². The van der Waals surface area contributed by atoms with E-state index < -0.39 is 0 Å². The lowest BCUT2D eigenvalue weighted by Gasteiger charge is -2.09. The van der Waals surface area contributed by atoms with Crippen molar-refractivity contribution in [3.8, 4) is 0 Å². The Kier molecular flexibility index (Phi) is 3.65. The minimum absolute atomic E-state index is 0.948. The fourth-order valence-corrected chi connectivity index (χ4v) is 2.89. The van der Waals surface area contributed by atoms with E-state index in [1.807, 2.05) is 0 Å². The van der Waals surface area contributed by atoms with Gasteiger partial charge in [-0.25, -0.2) is 0 Å². The van der Waals surface area contributed by atoms with E-state index in [2.05, 4.69) is 54.7 Å². The fraction of sp³-hybridized carbons (Fsp3) is 0.333. The Bertz CT molecular complexity index is 572. The van der Waals surface area contributed by atoms with Gasteiger partial charge in [-0.15, -0.1) is 0 Å². The van der Waals surface area contributed by atoms with Crippen molar-refractivity contribution in [1.29, 1.82) is 0 Å². The zero-order valence-corrected chi connectivity index (χ0v) is 11.6. The highest BCUT2D eigenvalue weighted by Crippen LogP contribution is 2.22. The molecule has 0 radical (unpaired) electrons. The van der Waals surface area contributed by atoms with Crippen LogP contribution < -0.4 is 5.32 Å². The van der Waals surface area contributed by atoms with Gasteiger partial charge in [-0.3, -0.25) is 0 Å². The van der Waals surface area contributed by atoms with Crippen LogP contribution >= 0.6 is 0 Å². The first kappa shape index (κ1) is 12.4. The number of benzene rings is 2. The van der Waals surface area contributed by atoms with Gasteiger partial charge in [0.1, 0.15) is 0 Å². The summed E-state index contributed by atoms with van der Waals surface area (Å²) in [4.78, 5) is 0. The van der Waals surface area contributed by atoms with Crippen LogP contribution in [0.15, 0.2) is 42.5 Å². The molecule has 0 aliphatic heterocycles. The second-order valence-electron chi connectivity index (χ2n) is 5.49. The van der Waals surface area contributed by atoms with Gasteiger partial charge in [-0.2, -0.15) is 0 Å². The summed E-state index contributed by atoms with van der Waals surface area (Å²) in [6, 6.07) is 15.5. The molecule has 19 heavy (non-hydrogen) atoms. The highest BCUT2D eigenvalue weighted by Gasteiger charge is 2.10. The predicted molar refractivity (Wildman–Crippen MR) is 80.2 cm³/mol. The molecule has 0 unspecified atom stereocenters. The summed E-state index contributed by atoms with van der Waals surface area (Å²) in [5.74, 6) is 0. The Morgan fingerprint density at radius 1 is 0.947 bits per heavy atom. The van der Waals surface area contributed by atoms with E-state index in [-0.39, 0.29) is 0 Å². The first-order chi connectivity index (χ1) is 9.33. The molecular weight excluding hydrogens is 230 g/mol. The molecule has 1 aliphatic carbocycles. The molecule has 0 aromatic heterocycles. The van der Waals surface area contributed by atoms with Crippen molar-refractivity contribution in [2.45, 2.75) is 39.3 Å². The van der Waals surface area contributed by atoms with Crippen LogP contribution in [0.4, 0.5) is 0 Å². The Labute approximate surface area is 115 Å². The number of aryl methyl sites for hydroxylation is 3. The van der Waals surface area contributed by atoms with Crippen LogP contribution in [0.3, 0.4) is 0 Å². The second-order valence-corrected chi connectivity index (χ2v) is 5.49. The minimum Gasteiger partial charge on any atom is -0.309 e. The van der Waals surface area contributed by atoms with E-state index in [4.69, 9.17) is 0 Å². The zero-order chi connectivity index (χ0) is 13.1. The molecule has 98 valence electrons. The number of hydrogen-bond acceptors (Lipinski definition) is 1. The van der Waals surface area contributed by atoms with Crippen molar-refractivity contribution in [3.05, 3.63) is 70.3 Å². The molecule has 0 spiro atoms. The summed E-state index contributed by atoms with van der Waals surface area (Å²) >= 11 is 0. The number of hydrogen-bond donors (Lipinski definition) is 1. The van der Waals surface area contributed by atoms with Crippen molar-refractivity contribution >= 4 is 0 Å². The average Bonchev–Trinajstić information content (AvgIpc) is 2.88. The maximum Gasteiger partial charge on any atom is 0.0211 e. The summed E-state index contributed by atoms with van der Waals surface area (Å²) in [6.07, 6.45) is 3.86. The van der Waals surface area contributed by atoms with E-state index in [1.54, 1.807) is 11.1 Å². The van der Waals surface area contributed by atoms with E-state index in [0.29, 0.717) is 0 Å². The van der Waals surface area contributed by atoms with Gasteiger partial charge in [0, 0.05) is 13.1 Å².